The minimum atomic E-state index is 0.510. The third kappa shape index (κ3) is 3.59. The lowest BCUT2D eigenvalue weighted by Gasteiger charge is -2.15. The number of benzene rings is 1. The van der Waals surface area contributed by atoms with E-state index in [2.05, 4.69) is 6.07 Å². The van der Waals surface area contributed by atoms with Crippen molar-refractivity contribution in [3.8, 4) is 0 Å². The second-order valence-electron chi connectivity index (χ2n) is 5.16. The summed E-state index contributed by atoms with van der Waals surface area (Å²) in [6.45, 7) is 0.547. The van der Waals surface area contributed by atoms with Crippen LogP contribution in [0.1, 0.15) is 38.5 Å². The molecule has 0 saturated carbocycles. The van der Waals surface area contributed by atoms with Gasteiger partial charge in [0.25, 0.3) is 0 Å². The van der Waals surface area contributed by atoms with Crippen LogP contribution in [-0.4, -0.2) is 6.71 Å². The van der Waals surface area contributed by atoms with Crippen molar-refractivity contribution in [1.82, 2.24) is 0 Å². The first kappa shape index (κ1) is 14.6. The molecule has 0 unspecified atom stereocenters. The molecule has 0 radical (unpaired) electrons. The molecular weight excluding hydrogens is 285 g/mol. The Balaban J connectivity index is 2.19. The van der Waals surface area contributed by atoms with E-state index in [1.165, 1.54) is 56.6 Å². The Morgan fingerprint density at radius 3 is 1.89 bits per heavy atom. The third-order valence-corrected chi connectivity index (χ3v) is 5.17. The predicted octanol–water partition coefficient (Wildman–Crippen LogP) is 5.70. The molecule has 0 amide bonds. The molecule has 1 saturated heterocycles. The van der Waals surface area contributed by atoms with Crippen molar-refractivity contribution in [1.29, 1.82) is 0 Å². The standard InChI is InChI=1S/C14H18BCl3/c16-12-8-7-11(13(17)14(12)18)15-9-5-3-1-2-4-6-10-15/h7-8H,1-6,9-10H2. The second-order valence-corrected chi connectivity index (χ2v) is 6.32. The highest BCUT2D eigenvalue weighted by Gasteiger charge is 2.21. The van der Waals surface area contributed by atoms with Crippen molar-refractivity contribution in [2.75, 3.05) is 0 Å². The average Bonchev–Trinajstić information content (AvgIpc) is 2.50. The molecule has 0 atom stereocenters. The van der Waals surface area contributed by atoms with Crippen LogP contribution >= 0.6 is 34.8 Å². The Morgan fingerprint density at radius 1 is 0.722 bits per heavy atom. The second kappa shape index (κ2) is 7.08. The highest BCUT2D eigenvalue weighted by atomic mass is 35.5. The maximum atomic E-state index is 6.35. The summed E-state index contributed by atoms with van der Waals surface area (Å²) in [7, 11) is 0. The van der Waals surface area contributed by atoms with Gasteiger partial charge >= 0.3 is 0 Å². The summed E-state index contributed by atoms with van der Waals surface area (Å²) in [6.07, 6.45) is 10.5. The zero-order chi connectivity index (χ0) is 13.0. The summed E-state index contributed by atoms with van der Waals surface area (Å²) in [5.41, 5.74) is 1.19. The Morgan fingerprint density at radius 2 is 1.28 bits per heavy atom. The summed E-state index contributed by atoms with van der Waals surface area (Å²) in [4.78, 5) is 0. The van der Waals surface area contributed by atoms with Gasteiger partial charge in [0, 0.05) is 0 Å². The van der Waals surface area contributed by atoms with Gasteiger partial charge in [-0.2, -0.15) is 0 Å². The molecule has 98 valence electrons. The van der Waals surface area contributed by atoms with Gasteiger partial charge in [-0.15, -0.1) is 0 Å². The largest absolute Gasteiger partial charge is 0.177 e. The van der Waals surface area contributed by atoms with Crippen molar-refractivity contribution in [2.45, 2.75) is 51.2 Å². The van der Waals surface area contributed by atoms with Crippen molar-refractivity contribution in [2.24, 2.45) is 0 Å². The molecule has 4 heteroatoms. The lowest BCUT2D eigenvalue weighted by Crippen LogP contribution is -2.30. The fraction of sp³-hybridized carbons (Fsp3) is 0.571. The zero-order valence-corrected chi connectivity index (χ0v) is 12.8. The first-order chi connectivity index (χ1) is 8.70. The Labute approximate surface area is 125 Å². The van der Waals surface area contributed by atoms with Gasteiger partial charge in [0.2, 0.25) is 0 Å². The van der Waals surface area contributed by atoms with Crippen LogP contribution in [0.4, 0.5) is 0 Å². The SMILES string of the molecule is Clc1ccc(B2CCCCCCCC2)c(Cl)c1Cl. The van der Waals surface area contributed by atoms with Crippen molar-refractivity contribution >= 4 is 47.0 Å². The van der Waals surface area contributed by atoms with E-state index in [-0.39, 0.29) is 0 Å². The lowest BCUT2D eigenvalue weighted by molar-refractivity contribution is 0.633. The molecule has 0 aliphatic carbocycles. The van der Waals surface area contributed by atoms with E-state index in [0.29, 0.717) is 21.8 Å². The van der Waals surface area contributed by atoms with Gasteiger partial charge in [0.15, 0.2) is 6.71 Å². The molecule has 0 spiro atoms. The molecule has 0 nitrogen and oxygen atoms in total. The van der Waals surface area contributed by atoms with Gasteiger partial charge in [-0.3, -0.25) is 0 Å². The maximum Gasteiger partial charge on any atom is 0.177 e. The van der Waals surface area contributed by atoms with Crippen LogP contribution in [0.3, 0.4) is 0 Å². The molecule has 1 aliphatic rings. The van der Waals surface area contributed by atoms with Gasteiger partial charge in [0.05, 0.1) is 15.1 Å². The smallest absolute Gasteiger partial charge is 0.0832 e. The van der Waals surface area contributed by atoms with Gasteiger partial charge in [-0.25, -0.2) is 0 Å². The van der Waals surface area contributed by atoms with E-state index in [0.717, 1.165) is 0 Å². The van der Waals surface area contributed by atoms with Crippen molar-refractivity contribution in [3.05, 3.63) is 27.2 Å². The summed E-state index contributed by atoms with van der Waals surface area (Å²) in [6, 6.07) is 3.93. The number of halogens is 3. The maximum absolute atomic E-state index is 6.35. The minimum Gasteiger partial charge on any atom is -0.0832 e. The van der Waals surface area contributed by atoms with E-state index in [1.807, 2.05) is 6.07 Å². The van der Waals surface area contributed by atoms with E-state index in [4.69, 9.17) is 34.8 Å². The van der Waals surface area contributed by atoms with Gasteiger partial charge in [0.1, 0.15) is 0 Å². The fourth-order valence-corrected chi connectivity index (χ4v) is 3.50. The molecule has 1 aliphatic heterocycles. The average molecular weight is 303 g/mol. The van der Waals surface area contributed by atoms with Crippen LogP contribution < -0.4 is 5.46 Å². The van der Waals surface area contributed by atoms with Gasteiger partial charge in [-0.05, 0) is 6.07 Å². The molecule has 0 bridgehead atoms. The molecule has 0 aromatic heterocycles. The topological polar surface area (TPSA) is 0 Å². The lowest BCUT2D eigenvalue weighted by atomic mass is 9.39. The summed E-state index contributed by atoms with van der Waals surface area (Å²) >= 11 is 18.5. The van der Waals surface area contributed by atoms with Crippen LogP contribution in [0.5, 0.6) is 0 Å². The summed E-state index contributed by atoms with van der Waals surface area (Å²) in [5.74, 6) is 0. The van der Waals surface area contributed by atoms with Gasteiger partial charge in [-0.1, -0.05) is 97.5 Å². The highest BCUT2D eigenvalue weighted by molar-refractivity contribution is 6.76. The van der Waals surface area contributed by atoms with Crippen molar-refractivity contribution < 1.29 is 0 Å². The Bertz CT molecular complexity index is 396. The van der Waals surface area contributed by atoms with E-state index in [9.17, 15) is 0 Å². The first-order valence-electron chi connectivity index (χ1n) is 6.83. The van der Waals surface area contributed by atoms with Crippen LogP contribution in [0.25, 0.3) is 0 Å². The van der Waals surface area contributed by atoms with E-state index in [1.54, 1.807) is 0 Å². The highest BCUT2D eigenvalue weighted by Crippen LogP contribution is 2.30. The molecule has 1 aromatic carbocycles. The van der Waals surface area contributed by atoms with Crippen LogP contribution in [-0.2, 0) is 0 Å². The molecule has 1 aromatic rings. The molecule has 1 fully saturated rings. The van der Waals surface area contributed by atoms with Crippen LogP contribution in [0, 0.1) is 0 Å². The number of rotatable bonds is 1. The molecule has 0 N–H and O–H groups in total. The number of hydrogen-bond donors (Lipinski definition) is 0. The fourth-order valence-electron chi connectivity index (χ4n) is 2.80. The predicted molar refractivity (Wildman–Crippen MR) is 84.2 cm³/mol. The Kier molecular flexibility index (Phi) is 5.72. The monoisotopic (exact) mass is 302 g/mol. The Hall–Kier alpha value is 0.155. The van der Waals surface area contributed by atoms with Crippen molar-refractivity contribution in [3.63, 3.8) is 0 Å². The molecule has 18 heavy (non-hydrogen) atoms. The van der Waals surface area contributed by atoms with Crippen LogP contribution in [0.15, 0.2) is 12.1 Å². The third-order valence-electron chi connectivity index (χ3n) is 3.86. The first-order valence-corrected chi connectivity index (χ1v) is 7.97. The molecule has 2 rings (SSSR count). The summed E-state index contributed by atoms with van der Waals surface area (Å²) < 4.78 is 0. The quantitative estimate of drug-likeness (QED) is 0.461. The van der Waals surface area contributed by atoms with E-state index >= 15 is 0 Å². The zero-order valence-electron chi connectivity index (χ0n) is 10.5. The molecular formula is C14H18BCl3. The number of hydrogen-bond acceptors (Lipinski definition) is 0. The molecule has 1 heterocycles. The minimum absolute atomic E-state index is 0.510. The van der Waals surface area contributed by atoms with E-state index < -0.39 is 0 Å². The van der Waals surface area contributed by atoms with Gasteiger partial charge < -0.3 is 0 Å². The summed E-state index contributed by atoms with van der Waals surface area (Å²) in [5, 5.41) is 1.72. The van der Waals surface area contributed by atoms with Crippen LogP contribution in [0.2, 0.25) is 27.7 Å². The normalized spacial score (nSPS) is 18.1.